The van der Waals surface area contributed by atoms with Crippen LogP contribution in [0.5, 0.6) is 0 Å². The van der Waals surface area contributed by atoms with Gasteiger partial charge in [-0.2, -0.15) is 0 Å². The molecule has 0 bridgehead atoms. The summed E-state index contributed by atoms with van der Waals surface area (Å²) in [4.78, 5) is 12.6. The maximum absolute atomic E-state index is 10.8. The van der Waals surface area contributed by atoms with Crippen LogP contribution in [0, 0.1) is 0 Å². The van der Waals surface area contributed by atoms with E-state index in [-0.39, 0.29) is 12.6 Å². The van der Waals surface area contributed by atoms with Crippen molar-refractivity contribution in [2.24, 2.45) is 0 Å². The maximum Gasteiger partial charge on any atom is 0.320 e. The molecule has 2 N–H and O–H groups in total. The molecule has 0 aliphatic carbocycles. The Bertz CT molecular complexity index is 161. The summed E-state index contributed by atoms with van der Waals surface area (Å²) < 4.78 is 0. The first-order valence-corrected chi connectivity index (χ1v) is 5.17. The van der Waals surface area contributed by atoms with Crippen LogP contribution in [-0.2, 0) is 4.79 Å². The molecule has 0 aliphatic rings. The molecule has 0 saturated heterocycles. The number of nitrogens with zero attached hydrogens (tertiary/aromatic N) is 1. The molecule has 0 aromatic rings. The number of aliphatic carboxylic acids is 1. The second-order valence-corrected chi connectivity index (χ2v) is 3.53. The van der Waals surface area contributed by atoms with Crippen molar-refractivity contribution in [1.29, 1.82) is 0 Å². The van der Waals surface area contributed by atoms with Gasteiger partial charge in [-0.25, -0.2) is 0 Å². The molecule has 0 spiro atoms. The fraction of sp³-hybridized carbons (Fsp3) is 0.900. The predicted octanol–water partition coefficient (Wildman–Crippen LogP) is 0.944. The summed E-state index contributed by atoms with van der Waals surface area (Å²) in [7, 11) is 1.83. The minimum absolute atomic E-state index is 0.222. The van der Waals surface area contributed by atoms with Crippen LogP contribution in [-0.4, -0.2) is 47.3 Å². The lowest BCUT2D eigenvalue weighted by molar-refractivity contribution is -0.142. The lowest BCUT2D eigenvalue weighted by Gasteiger charge is -2.23. The largest absolute Gasteiger partial charge is 0.480 e. The van der Waals surface area contributed by atoms with E-state index in [0.29, 0.717) is 6.42 Å². The quantitative estimate of drug-likeness (QED) is 0.576. The minimum Gasteiger partial charge on any atom is -0.480 e. The van der Waals surface area contributed by atoms with Crippen molar-refractivity contribution >= 4 is 5.97 Å². The van der Waals surface area contributed by atoms with E-state index in [1.54, 1.807) is 0 Å². The first kappa shape index (κ1) is 13.4. The van der Waals surface area contributed by atoms with Gasteiger partial charge in [0.1, 0.15) is 6.04 Å². The van der Waals surface area contributed by atoms with Gasteiger partial charge in [0.15, 0.2) is 0 Å². The third kappa shape index (κ3) is 5.19. The van der Waals surface area contributed by atoms with Gasteiger partial charge in [0.05, 0.1) is 0 Å². The molecule has 1 unspecified atom stereocenters. The lowest BCUT2D eigenvalue weighted by atomic mass is 10.1. The number of carboxylic acid groups (broad SMARTS) is 1. The van der Waals surface area contributed by atoms with Crippen LogP contribution in [0.1, 0.15) is 32.6 Å². The number of carboxylic acids is 1. The molecule has 0 saturated carbocycles. The standard InChI is InChI=1S/C10H21NO3/c1-3-9(10(13)14)11(2)7-5-4-6-8-12/h9,12H,3-8H2,1-2H3,(H,13,14). The molecule has 0 aliphatic heterocycles. The van der Waals surface area contributed by atoms with Crippen LogP contribution in [0.3, 0.4) is 0 Å². The zero-order valence-corrected chi connectivity index (χ0v) is 9.07. The van der Waals surface area contributed by atoms with Crippen molar-refractivity contribution in [3.63, 3.8) is 0 Å². The maximum atomic E-state index is 10.8. The molecule has 4 nitrogen and oxygen atoms in total. The lowest BCUT2D eigenvalue weighted by Crippen LogP contribution is -2.38. The van der Waals surface area contributed by atoms with Crippen molar-refractivity contribution < 1.29 is 15.0 Å². The molecular weight excluding hydrogens is 182 g/mol. The summed E-state index contributed by atoms with van der Waals surface area (Å²) in [5.74, 6) is -0.753. The van der Waals surface area contributed by atoms with Gasteiger partial charge in [0, 0.05) is 6.61 Å². The topological polar surface area (TPSA) is 60.8 Å². The van der Waals surface area contributed by atoms with E-state index in [4.69, 9.17) is 10.2 Å². The third-order valence-electron chi connectivity index (χ3n) is 2.37. The van der Waals surface area contributed by atoms with Crippen LogP contribution >= 0.6 is 0 Å². The van der Waals surface area contributed by atoms with Gasteiger partial charge in [0.2, 0.25) is 0 Å². The van der Waals surface area contributed by atoms with Crippen molar-refractivity contribution in [3.8, 4) is 0 Å². The van der Waals surface area contributed by atoms with Gasteiger partial charge in [-0.05, 0) is 39.3 Å². The minimum atomic E-state index is -0.753. The van der Waals surface area contributed by atoms with Crippen LogP contribution in [0.25, 0.3) is 0 Å². The highest BCUT2D eigenvalue weighted by Gasteiger charge is 2.19. The van der Waals surface area contributed by atoms with Gasteiger partial charge in [0.25, 0.3) is 0 Å². The van der Waals surface area contributed by atoms with Gasteiger partial charge in [-0.3, -0.25) is 9.69 Å². The number of hydrogen-bond acceptors (Lipinski definition) is 3. The Kier molecular flexibility index (Phi) is 7.42. The van der Waals surface area contributed by atoms with Crippen LogP contribution in [0.15, 0.2) is 0 Å². The van der Waals surface area contributed by atoms with E-state index in [1.165, 1.54) is 0 Å². The highest BCUT2D eigenvalue weighted by Crippen LogP contribution is 2.04. The smallest absolute Gasteiger partial charge is 0.320 e. The second kappa shape index (κ2) is 7.76. The van der Waals surface area contributed by atoms with Gasteiger partial charge in [-0.1, -0.05) is 6.92 Å². The highest BCUT2D eigenvalue weighted by molar-refractivity contribution is 5.73. The third-order valence-corrected chi connectivity index (χ3v) is 2.37. The van der Waals surface area contributed by atoms with E-state index >= 15 is 0 Å². The number of carbonyl (C=O) groups is 1. The zero-order valence-electron chi connectivity index (χ0n) is 9.07. The summed E-state index contributed by atoms with van der Waals surface area (Å²) in [5.41, 5.74) is 0. The first-order chi connectivity index (χ1) is 6.63. The van der Waals surface area contributed by atoms with Crippen LogP contribution in [0.2, 0.25) is 0 Å². The average molecular weight is 203 g/mol. The monoisotopic (exact) mass is 203 g/mol. The normalized spacial score (nSPS) is 13.1. The van der Waals surface area contributed by atoms with Crippen molar-refractivity contribution in [2.75, 3.05) is 20.2 Å². The Morgan fingerprint density at radius 3 is 2.43 bits per heavy atom. The Labute approximate surface area is 85.5 Å². The molecular formula is C10H21NO3. The molecule has 0 rings (SSSR count). The van der Waals surface area contributed by atoms with Gasteiger partial charge in [-0.15, -0.1) is 0 Å². The summed E-state index contributed by atoms with van der Waals surface area (Å²) >= 11 is 0. The Balaban J connectivity index is 3.69. The fourth-order valence-corrected chi connectivity index (χ4v) is 1.48. The Morgan fingerprint density at radius 1 is 1.36 bits per heavy atom. The number of aliphatic hydroxyl groups is 1. The molecule has 0 radical (unpaired) electrons. The van der Waals surface area contributed by atoms with E-state index < -0.39 is 5.97 Å². The molecule has 14 heavy (non-hydrogen) atoms. The van der Waals surface area contributed by atoms with Gasteiger partial charge < -0.3 is 10.2 Å². The zero-order chi connectivity index (χ0) is 11.0. The summed E-state index contributed by atoms with van der Waals surface area (Å²) in [5, 5.41) is 17.4. The number of unbranched alkanes of at least 4 members (excludes halogenated alkanes) is 2. The van der Waals surface area contributed by atoms with Crippen molar-refractivity contribution in [2.45, 2.75) is 38.6 Å². The van der Waals surface area contributed by atoms with Crippen molar-refractivity contribution in [1.82, 2.24) is 4.90 Å². The molecule has 84 valence electrons. The number of likely N-dealkylation sites (N-methyl/N-ethyl adjacent to an activating group) is 1. The van der Waals surface area contributed by atoms with Crippen LogP contribution in [0.4, 0.5) is 0 Å². The SMILES string of the molecule is CCC(C(=O)O)N(C)CCCCCO. The molecule has 0 fully saturated rings. The molecule has 1 atom stereocenters. The van der Waals surface area contributed by atoms with E-state index in [2.05, 4.69) is 0 Å². The molecule has 0 aromatic heterocycles. The number of hydrogen-bond donors (Lipinski definition) is 2. The summed E-state index contributed by atoms with van der Waals surface area (Å²) in [6.45, 7) is 2.88. The Hall–Kier alpha value is -0.610. The molecule has 0 heterocycles. The van der Waals surface area contributed by atoms with Gasteiger partial charge >= 0.3 is 5.97 Å². The number of aliphatic hydroxyl groups excluding tert-OH is 1. The van der Waals surface area contributed by atoms with Crippen LogP contribution < -0.4 is 0 Å². The van der Waals surface area contributed by atoms with E-state index in [9.17, 15) is 4.79 Å². The fourth-order valence-electron chi connectivity index (χ4n) is 1.48. The summed E-state index contributed by atoms with van der Waals surface area (Å²) in [6.07, 6.45) is 3.33. The van der Waals surface area contributed by atoms with E-state index in [1.807, 2.05) is 18.9 Å². The molecule has 4 heteroatoms. The average Bonchev–Trinajstić information content (AvgIpc) is 2.13. The highest BCUT2D eigenvalue weighted by atomic mass is 16.4. The van der Waals surface area contributed by atoms with E-state index in [0.717, 1.165) is 25.8 Å². The second-order valence-electron chi connectivity index (χ2n) is 3.53. The number of rotatable bonds is 8. The molecule has 0 aromatic carbocycles. The molecule has 0 amide bonds. The first-order valence-electron chi connectivity index (χ1n) is 5.17. The van der Waals surface area contributed by atoms with Crippen molar-refractivity contribution in [3.05, 3.63) is 0 Å². The Morgan fingerprint density at radius 2 is 2.00 bits per heavy atom. The predicted molar refractivity (Wildman–Crippen MR) is 55.3 cm³/mol. The summed E-state index contributed by atoms with van der Waals surface area (Å²) in [6, 6.07) is -0.371.